The number of rotatable bonds is 2. The van der Waals surface area contributed by atoms with E-state index in [1.54, 1.807) is 0 Å². The second-order valence-electron chi connectivity index (χ2n) is 5.30. The molecule has 4 rings (SSSR count). The predicted molar refractivity (Wildman–Crippen MR) is 70.1 cm³/mol. The van der Waals surface area contributed by atoms with Gasteiger partial charge in [-0.3, -0.25) is 4.79 Å². The Morgan fingerprint density at radius 2 is 1.95 bits per heavy atom. The minimum atomic E-state index is 0.303. The number of anilines is 1. The summed E-state index contributed by atoms with van der Waals surface area (Å²) in [6.45, 7) is 3.15. The number of tetrazole rings is 1. The van der Waals surface area contributed by atoms with Crippen LogP contribution in [0, 0.1) is 5.92 Å². The molecule has 1 aliphatic carbocycles. The van der Waals surface area contributed by atoms with Gasteiger partial charge in [0, 0.05) is 32.1 Å². The summed E-state index contributed by atoms with van der Waals surface area (Å²) < 4.78 is 1.43. The first-order valence-electron chi connectivity index (χ1n) is 6.90. The third-order valence-electron chi connectivity index (χ3n) is 3.90. The van der Waals surface area contributed by atoms with Crippen molar-refractivity contribution < 1.29 is 4.79 Å². The Balaban J connectivity index is 1.46. The van der Waals surface area contributed by atoms with Gasteiger partial charge in [0.15, 0.2) is 11.5 Å². The van der Waals surface area contributed by atoms with Gasteiger partial charge in [-0.15, -0.1) is 14.8 Å². The number of piperazine rings is 1. The van der Waals surface area contributed by atoms with Crippen molar-refractivity contribution in [1.82, 2.24) is 30.2 Å². The number of aromatic nitrogens is 5. The molecular weight excluding hydrogens is 258 g/mol. The highest BCUT2D eigenvalue weighted by Crippen LogP contribution is 2.31. The van der Waals surface area contributed by atoms with Crippen LogP contribution in [0.1, 0.15) is 12.8 Å². The molecule has 0 aromatic carbocycles. The summed E-state index contributed by atoms with van der Waals surface area (Å²) in [5.74, 6) is 1.48. The lowest BCUT2D eigenvalue weighted by Crippen LogP contribution is -2.49. The zero-order valence-corrected chi connectivity index (χ0v) is 11.0. The lowest BCUT2D eigenvalue weighted by Gasteiger charge is -2.35. The van der Waals surface area contributed by atoms with Crippen LogP contribution in [-0.2, 0) is 4.79 Å². The van der Waals surface area contributed by atoms with Crippen molar-refractivity contribution in [2.75, 3.05) is 31.1 Å². The first-order valence-corrected chi connectivity index (χ1v) is 6.90. The maximum Gasteiger partial charge on any atom is 0.225 e. The molecule has 2 aromatic rings. The van der Waals surface area contributed by atoms with E-state index in [0.717, 1.165) is 44.8 Å². The molecule has 20 heavy (non-hydrogen) atoms. The third-order valence-corrected chi connectivity index (χ3v) is 3.90. The van der Waals surface area contributed by atoms with Crippen LogP contribution in [0.4, 0.5) is 5.82 Å². The van der Waals surface area contributed by atoms with Crippen LogP contribution in [-0.4, -0.2) is 62.2 Å². The molecule has 0 unspecified atom stereocenters. The molecule has 2 aliphatic rings. The van der Waals surface area contributed by atoms with Gasteiger partial charge in [-0.2, -0.15) is 0 Å². The van der Waals surface area contributed by atoms with E-state index in [4.69, 9.17) is 0 Å². The van der Waals surface area contributed by atoms with Crippen LogP contribution in [0.3, 0.4) is 0 Å². The number of amides is 1. The molecule has 2 aromatic heterocycles. The first-order chi connectivity index (χ1) is 9.81. The molecule has 1 amide bonds. The highest BCUT2D eigenvalue weighted by Gasteiger charge is 2.34. The fourth-order valence-corrected chi connectivity index (χ4v) is 2.55. The second kappa shape index (κ2) is 4.39. The van der Waals surface area contributed by atoms with E-state index in [2.05, 4.69) is 25.5 Å². The minimum absolute atomic E-state index is 0.303. The zero-order valence-electron chi connectivity index (χ0n) is 11.0. The fourth-order valence-electron chi connectivity index (χ4n) is 2.55. The molecule has 0 atom stereocenters. The van der Waals surface area contributed by atoms with E-state index in [1.807, 2.05) is 17.0 Å². The van der Waals surface area contributed by atoms with Crippen LogP contribution < -0.4 is 4.90 Å². The summed E-state index contributed by atoms with van der Waals surface area (Å²) >= 11 is 0. The normalized spacial score (nSPS) is 19.6. The number of nitrogens with zero attached hydrogens (tertiary/aromatic N) is 7. The van der Waals surface area contributed by atoms with E-state index in [-0.39, 0.29) is 0 Å². The van der Waals surface area contributed by atoms with Gasteiger partial charge in [0.1, 0.15) is 0 Å². The van der Waals surface area contributed by atoms with Crippen LogP contribution in [0.2, 0.25) is 0 Å². The molecule has 0 radical (unpaired) electrons. The summed E-state index contributed by atoms with van der Waals surface area (Å²) in [5, 5.41) is 15.6. The predicted octanol–water partition coefficient (Wildman–Crippen LogP) is -0.422. The largest absolute Gasteiger partial charge is 0.352 e. The van der Waals surface area contributed by atoms with Crippen molar-refractivity contribution >= 4 is 17.4 Å². The highest BCUT2D eigenvalue weighted by atomic mass is 16.2. The molecule has 2 fully saturated rings. The van der Waals surface area contributed by atoms with Crippen molar-refractivity contribution in [1.29, 1.82) is 0 Å². The monoisotopic (exact) mass is 273 g/mol. The average Bonchev–Trinajstić information content (AvgIpc) is 3.24. The smallest absolute Gasteiger partial charge is 0.225 e. The van der Waals surface area contributed by atoms with Gasteiger partial charge in [-0.05, 0) is 35.4 Å². The van der Waals surface area contributed by atoms with Crippen molar-refractivity contribution in [2.24, 2.45) is 5.92 Å². The van der Waals surface area contributed by atoms with Gasteiger partial charge in [0.25, 0.3) is 0 Å². The maximum atomic E-state index is 12.0. The van der Waals surface area contributed by atoms with Gasteiger partial charge >= 0.3 is 0 Å². The Labute approximate surface area is 115 Å². The molecule has 8 heteroatoms. The highest BCUT2D eigenvalue weighted by molar-refractivity contribution is 5.81. The van der Waals surface area contributed by atoms with E-state index in [9.17, 15) is 4.79 Å². The third kappa shape index (κ3) is 1.97. The Morgan fingerprint density at radius 3 is 2.70 bits per heavy atom. The van der Waals surface area contributed by atoms with Gasteiger partial charge < -0.3 is 9.80 Å². The van der Waals surface area contributed by atoms with Crippen molar-refractivity contribution in [3.05, 3.63) is 12.1 Å². The van der Waals surface area contributed by atoms with E-state index >= 15 is 0 Å². The molecular formula is C12H15N7O. The maximum absolute atomic E-state index is 12.0. The SMILES string of the molecule is O=C(C1CC1)N1CCN(c2ccc3nnnn3n2)CC1. The topological polar surface area (TPSA) is 79.5 Å². The molecule has 3 heterocycles. The summed E-state index contributed by atoms with van der Waals surface area (Å²) in [4.78, 5) is 16.1. The Bertz CT molecular complexity index is 642. The van der Waals surface area contributed by atoms with Crippen LogP contribution in [0.15, 0.2) is 12.1 Å². The molecule has 0 spiro atoms. The number of hydrogen-bond acceptors (Lipinski definition) is 6. The quantitative estimate of drug-likeness (QED) is 0.739. The average molecular weight is 273 g/mol. The standard InChI is InChI=1S/C12H15N7O/c20-12(9-1-2-9)18-7-5-17(6-8-18)11-4-3-10-13-15-16-19(10)14-11/h3-4,9H,1-2,5-8H2. The summed E-state index contributed by atoms with van der Waals surface area (Å²) in [6, 6.07) is 3.77. The molecule has 1 saturated carbocycles. The molecule has 1 saturated heterocycles. The van der Waals surface area contributed by atoms with Gasteiger partial charge in [0.05, 0.1) is 0 Å². The Hall–Kier alpha value is -2.25. The Kier molecular flexibility index (Phi) is 2.54. The van der Waals surface area contributed by atoms with E-state index in [0.29, 0.717) is 17.5 Å². The summed E-state index contributed by atoms with van der Waals surface area (Å²) in [5.41, 5.74) is 0.635. The number of hydrogen-bond donors (Lipinski definition) is 0. The number of fused-ring (bicyclic) bond motifs is 1. The van der Waals surface area contributed by atoms with Gasteiger partial charge in [-0.1, -0.05) is 0 Å². The second-order valence-corrected chi connectivity index (χ2v) is 5.30. The lowest BCUT2D eigenvalue weighted by molar-refractivity contribution is -0.132. The summed E-state index contributed by atoms with van der Waals surface area (Å²) in [7, 11) is 0. The van der Waals surface area contributed by atoms with Crippen LogP contribution in [0.25, 0.3) is 5.65 Å². The number of carbonyl (C=O) groups is 1. The van der Waals surface area contributed by atoms with Crippen molar-refractivity contribution in [3.63, 3.8) is 0 Å². The van der Waals surface area contributed by atoms with Crippen molar-refractivity contribution in [3.8, 4) is 0 Å². The van der Waals surface area contributed by atoms with Crippen LogP contribution in [0.5, 0.6) is 0 Å². The van der Waals surface area contributed by atoms with Gasteiger partial charge in [-0.25, -0.2) is 0 Å². The number of carbonyl (C=O) groups excluding carboxylic acids is 1. The molecule has 0 N–H and O–H groups in total. The van der Waals surface area contributed by atoms with E-state index in [1.165, 1.54) is 4.63 Å². The summed E-state index contributed by atoms with van der Waals surface area (Å²) in [6.07, 6.45) is 2.13. The molecule has 0 bridgehead atoms. The van der Waals surface area contributed by atoms with Crippen molar-refractivity contribution in [2.45, 2.75) is 12.8 Å². The molecule has 8 nitrogen and oxygen atoms in total. The minimum Gasteiger partial charge on any atom is -0.352 e. The molecule has 1 aliphatic heterocycles. The fraction of sp³-hybridized carbons (Fsp3) is 0.583. The zero-order chi connectivity index (χ0) is 13.5. The first kappa shape index (κ1) is 11.6. The lowest BCUT2D eigenvalue weighted by atomic mass is 10.2. The molecule has 104 valence electrons. The van der Waals surface area contributed by atoms with Crippen LogP contribution >= 0.6 is 0 Å². The Morgan fingerprint density at radius 1 is 1.15 bits per heavy atom. The van der Waals surface area contributed by atoms with Gasteiger partial charge in [0.2, 0.25) is 5.91 Å². The van der Waals surface area contributed by atoms with E-state index < -0.39 is 0 Å².